The molecule has 2 rings (SSSR count). The second-order valence-corrected chi connectivity index (χ2v) is 6.32. The molecule has 1 aromatic rings. The Labute approximate surface area is 137 Å². The lowest BCUT2D eigenvalue weighted by molar-refractivity contribution is -0.130. The summed E-state index contributed by atoms with van der Waals surface area (Å²) in [7, 11) is 0. The molecule has 1 aliphatic rings. The van der Waals surface area contributed by atoms with Crippen LogP contribution in [0.2, 0.25) is 10.0 Å². The molecule has 1 heterocycles. The van der Waals surface area contributed by atoms with Crippen molar-refractivity contribution in [1.29, 1.82) is 0 Å². The van der Waals surface area contributed by atoms with E-state index in [0.29, 0.717) is 27.9 Å². The standard InChI is InChI=1S/C13H12Cl4N2O/c1-3-19-12(20)13(17,7(2)18-19)11(16)9-5-4-8(14)6-10(9)15/h4-6,11H,3H2,1-2H3. The van der Waals surface area contributed by atoms with Crippen molar-refractivity contribution in [2.45, 2.75) is 24.1 Å². The Hall–Kier alpha value is -0.480. The first-order chi connectivity index (χ1) is 9.32. The molecule has 0 bridgehead atoms. The van der Waals surface area contributed by atoms with E-state index in [2.05, 4.69) is 5.10 Å². The fourth-order valence-electron chi connectivity index (χ4n) is 2.07. The summed E-state index contributed by atoms with van der Waals surface area (Å²) in [5.41, 5.74) is 1.01. The van der Waals surface area contributed by atoms with Crippen LogP contribution in [-0.2, 0) is 4.79 Å². The quantitative estimate of drug-likeness (QED) is 0.737. The lowest BCUT2D eigenvalue weighted by atomic mass is 9.93. The first kappa shape index (κ1) is 15.9. The highest BCUT2D eigenvalue weighted by Gasteiger charge is 2.53. The van der Waals surface area contributed by atoms with E-state index in [9.17, 15) is 4.79 Å². The highest BCUT2D eigenvalue weighted by Crippen LogP contribution is 2.45. The summed E-state index contributed by atoms with van der Waals surface area (Å²) in [5.74, 6) is -0.342. The number of amides is 1. The molecule has 1 aromatic carbocycles. The second kappa shape index (κ2) is 5.72. The lowest BCUT2D eigenvalue weighted by Crippen LogP contribution is -2.44. The van der Waals surface area contributed by atoms with E-state index < -0.39 is 10.3 Å². The van der Waals surface area contributed by atoms with E-state index in [-0.39, 0.29) is 5.91 Å². The minimum absolute atomic E-state index is 0.342. The zero-order valence-electron chi connectivity index (χ0n) is 10.8. The summed E-state index contributed by atoms with van der Waals surface area (Å²) < 4.78 is 0. The van der Waals surface area contributed by atoms with E-state index in [1.165, 1.54) is 5.01 Å². The van der Waals surface area contributed by atoms with Gasteiger partial charge in [0, 0.05) is 16.6 Å². The number of carbonyl (C=O) groups excluding carboxylic acids is 1. The number of hydrogen-bond acceptors (Lipinski definition) is 2. The molecule has 0 radical (unpaired) electrons. The van der Waals surface area contributed by atoms with Gasteiger partial charge in [-0.3, -0.25) is 4.79 Å². The Morgan fingerprint density at radius 3 is 2.55 bits per heavy atom. The molecule has 0 spiro atoms. The van der Waals surface area contributed by atoms with Crippen molar-refractivity contribution in [2.24, 2.45) is 5.10 Å². The van der Waals surface area contributed by atoms with Gasteiger partial charge in [0.25, 0.3) is 5.91 Å². The SMILES string of the molecule is CCN1N=C(C)C(Cl)(C(Cl)c2ccc(Cl)cc2Cl)C1=O. The lowest BCUT2D eigenvalue weighted by Gasteiger charge is -2.27. The van der Waals surface area contributed by atoms with Gasteiger partial charge < -0.3 is 0 Å². The molecule has 0 saturated heterocycles. The zero-order chi connectivity index (χ0) is 15.1. The van der Waals surface area contributed by atoms with Crippen molar-refractivity contribution in [3.05, 3.63) is 33.8 Å². The third-order valence-electron chi connectivity index (χ3n) is 3.23. The van der Waals surface area contributed by atoms with Crippen LogP contribution in [-0.4, -0.2) is 28.0 Å². The molecule has 1 amide bonds. The molecule has 0 fully saturated rings. The van der Waals surface area contributed by atoms with Gasteiger partial charge >= 0.3 is 0 Å². The number of halogens is 4. The monoisotopic (exact) mass is 352 g/mol. The minimum Gasteiger partial charge on any atom is -0.270 e. The molecule has 0 N–H and O–H groups in total. The largest absolute Gasteiger partial charge is 0.271 e. The van der Waals surface area contributed by atoms with Crippen LogP contribution in [0.4, 0.5) is 0 Å². The Balaban J connectivity index is 2.44. The van der Waals surface area contributed by atoms with E-state index in [1.807, 2.05) is 6.92 Å². The van der Waals surface area contributed by atoms with Gasteiger partial charge in [-0.2, -0.15) is 5.10 Å². The number of alkyl halides is 2. The number of carbonyl (C=O) groups is 1. The second-order valence-electron chi connectivity index (χ2n) is 4.45. The summed E-state index contributed by atoms with van der Waals surface area (Å²) in [6, 6.07) is 4.89. The van der Waals surface area contributed by atoms with Crippen LogP contribution in [0, 0.1) is 0 Å². The van der Waals surface area contributed by atoms with Crippen molar-refractivity contribution in [1.82, 2.24) is 5.01 Å². The molecule has 2 unspecified atom stereocenters. The van der Waals surface area contributed by atoms with Gasteiger partial charge in [0.15, 0.2) is 4.87 Å². The third kappa shape index (κ3) is 2.41. The Morgan fingerprint density at radius 1 is 1.40 bits per heavy atom. The number of benzene rings is 1. The van der Waals surface area contributed by atoms with Crippen molar-refractivity contribution >= 4 is 58.0 Å². The van der Waals surface area contributed by atoms with Crippen LogP contribution in [0.5, 0.6) is 0 Å². The van der Waals surface area contributed by atoms with Crippen LogP contribution in [0.15, 0.2) is 23.3 Å². The van der Waals surface area contributed by atoms with E-state index in [1.54, 1.807) is 25.1 Å². The number of hydrogen-bond donors (Lipinski definition) is 0. The van der Waals surface area contributed by atoms with E-state index in [0.717, 1.165) is 0 Å². The summed E-state index contributed by atoms with van der Waals surface area (Å²) in [6.45, 7) is 3.93. The van der Waals surface area contributed by atoms with Crippen molar-refractivity contribution in [3.8, 4) is 0 Å². The van der Waals surface area contributed by atoms with Crippen LogP contribution >= 0.6 is 46.4 Å². The van der Waals surface area contributed by atoms with Crippen LogP contribution in [0.25, 0.3) is 0 Å². The highest BCUT2D eigenvalue weighted by atomic mass is 35.5. The average molecular weight is 354 g/mol. The Morgan fingerprint density at radius 2 is 2.05 bits per heavy atom. The van der Waals surface area contributed by atoms with Gasteiger partial charge in [0.2, 0.25) is 0 Å². The van der Waals surface area contributed by atoms with Gasteiger partial charge in [0.05, 0.1) is 11.1 Å². The third-order valence-corrected chi connectivity index (χ3v) is 5.12. The van der Waals surface area contributed by atoms with Gasteiger partial charge in [-0.1, -0.05) is 40.9 Å². The molecular weight excluding hydrogens is 342 g/mol. The van der Waals surface area contributed by atoms with E-state index >= 15 is 0 Å². The topological polar surface area (TPSA) is 32.7 Å². The fraction of sp³-hybridized carbons (Fsp3) is 0.385. The van der Waals surface area contributed by atoms with Crippen LogP contribution in [0.3, 0.4) is 0 Å². The number of hydrazone groups is 1. The van der Waals surface area contributed by atoms with Crippen molar-refractivity contribution in [3.63, 3.8) is 0 Å². The van der Waals surface area contributed by atoms with Gasteiger partial charge in [-0.25, -0.2) is 5.01 Å². The van der Waals surface area contributed by atoms with Crippen LogP contribution in [0.1, 0.15) is 24.8 Å². The molecule has 0 aliphatic carbocycles. The molecular formula is C13H12Cl4N2O. The first-order valence-corrected chi connectivity index (χ1v) is 7.55. The number of rotatable bonds is 3. The molecule has 7 heteroatoms. The molecule has 1 aliphatic heterocycles. The molecule has 0 aromatic heterocycles. The fourth-order valence-corrected chi connectivity index (χ4v) is 3.34. The predicted octanol–water partition coefficient (Wildman–Crippen LogP) is 4.49. The Bertz CT molecular complexity index is 590. The summed E-state index contributed by atoms with van der Waals surface area (Å²) >= 11 is 24.9. The highest BCUT2D eigenvalue weighted by molar-refractivity contribution is 6.53. The maximum Gasteiger partial charge on any atom is 0.271 e. The van der Waals surface area contributed by atoms with E-state index in [4.69, 9.17) is 46.4 Å². The van der Waals surface area contributed by atoms with Crippen molar-refractivity contribution < 1.29 is 4.79 Å². The summed E-state index contributed by atoms with van der Waals surface area (Å²) in [4.78, 5) is 11.0. The summed E-state index contributed by atoms with van der Waals surface area (Å²) in [5, 5.41) is 5.48. The number of nitrogens with zero attached hydrogens (tertiary/aromatic N) is 2. The van der Waals surface area contributed by atoms with Gasteiger partial charge in [-0.15, -0.1) is 11.6 Å². The maximum atomic E-state index is 12.4. The minimum atomic E-state index is -1.42. The van der Waals surface area contributed by atoms with Gasteiger partial charge in [0.1, 0.15) is 0 Å². The molecule has 20 heavy (non-hydrogen) atoms. The van der Waals surface area contributed by atoms with Gasteiger partial charge in [-0.05, 0) is 31.5 Å². The first-order valence-electron chi connectivity index (χ1n) is 5.98. The summed E-state index contributed by atoms with van der Waals surface area (Å²) in [6.07, 6.45) is 0. The Kier molecular flexibility index (Phi) is 4.55. The van der Waals surface area contributed by atoms with Crippen molar-refractivity contribution in [2.75, 3.05) is 6.54 Å². The molecule has 2 atom stereocenters. The predicted molar refractivity (Wildman–Crippen MR) is 84.1 cm³/mol. The normalized spacial score (nSPS) is 24.0. The maximum absolute atomic E-state index is 12.4. The average Bonchev–Trinajstić information content (AvgIpc) is 2.63. The van der Waals surface area contributed by atoms with Crippen LogP contribution < -0.4 is 0 Å². The molecule has 3 nitrogen and oxygen atoms in total. The smallest absolute Gasteiger partial charge is 0.270 e. The zero-order valence-corrected chi connectivity index (χ0v) is 13.9. The molecule has 108 valence electrons. The molecule has 0 saturated carbocycles.